The fourth-order valence-electron chi connectivity index (χ4n) is 1.41. The lowest BCUT2D eigenvalue weighted by Gasteiger charge is -2.00. The van der Waals surface area contributed by atoms with Gasteiger partial charge in [0.25, 0.3) is 0 Å². The summed E-state index contributed by atoms with van der Waals surface area (Å²) in [5, 5.41) is 0. The van der Waals surface area contributed by atoms with Gasteiger partial charge in [0.1, 0.15) is 0 Å². The molecule has 60 valence electrons. The second-order valence-electron chi connectivity index (χ2n) is 2.94. The molecule has 0 unspecified atom stereocenters. The Morgan fingerprint density at radius 1 is 1.17 bits per heavy atom. The lowest BCUT2D eigenvalue weighted by atomic mass is 10.1. The van der Waals surface area contributed by atoms with Gasteiger partial charge in [-0.05, 0) is 18.1 Å². The van der Waals surface area contributed by atoms with E-state index in [-0.39, 0.29) is 0 Å². The SMILES string of the molecule is CC1=CCN=C1c1ccccc1. The van der Waals surface area contributed by atoms with Gasteiger partial charge in [0.05, 0.1) is 12.3 Å². The molecule has 1 heteroatoms. The van der Waals surface area contributed by atoms with Gasteiger partial charge >= 0.3 is 0 Å². The zero-order valence-electron chi connectivity index (χ0n) is 7.12. The van der Waals surface area contributed by atoms with Gasteiger partial charge < -0.3 is 0 Å². The molecule has 0 saturated heterocycles. The van der Waals surface area contributed by atoms with Crippen molar-refractivity contribution >= 4 is 5.71 Å². The molecule has 0 bridgehead atoms. The van der Waals surface area contributed by atoms with E-state index in [2.05, 4.69) is 30.1 Å². The summed E-state index contributed by atoms with van der Waals surface area (Å²) in [5.74, 6) is 0. The van der Waals surface area contributed by atoms with Crippen LogP contribution in [0.3, 0.4) is 0 Å². The maximum atomic E-state index is 4.41. The maximum Gasteiger partial charge on any atom is 0.0677 e. The van der Waals surface area contributed by atoms with E-state index >= 15 is 0 Å². The largest absolute Gasteiger partial charge is 0.280 e. The van der Waals surface area contributed by atoms with Crippen molar-refractivity contribution in [3.63, 3.8) is 0 Å². The summed E-state index contributed by atoms with van der Waals surface area (Å²) in [7, 11) is 0. The van der Waals surface area contributed by atoms with Crippen LogP contribution in [0.2, 0.25) is 0 Å². The first-order valence-corrected chi connectivity index (χ1v) is 4.15. The minimum atomic E-state index is 0.843. The molecule has 0 atom stereocenters. The van der Waals surface area contributed by atoms with Crippen LogP contribution in [0.25, 0.3) is 0 Å². The lowest BCUT2D eigenvalue weighted by Crippen LogP contribution is -1.98. The van der Waals surface area contributed by atoms with Gasteiger partial charge in [0.2, 0.25) is 0 Å². The standard InChI is InChI=1S/C11H11N/c1-9-7-8-12-11(9)10-5-3-2-4-6-10/h2-7H,8H2,1H3. The molecule has 1 heterocycles. The molecular formula is C11H11N. The Morgan fingerprint density at radius 3 is 2.50 bits per heavy atom. The number of rotatable bonds is 1. The number of benzene rings is 1. The van der Waals surface area contributed by atoms with Crippen LogP contribution in [0.5, 0.6) is 0 Å². The van der Waals surface area contributed by atoms with E-state index < -0.39 is 0 Å². The predicted octanol–water partition coefficient (Wildman–Crippen LogP) is 2.44. The van der Waals surface area contributed by atoms with Crippen LogP contribution in [-0.4, -0.2) is 12.3 Å². The average molecular weight is 157 g/mol. The van der Waals surface area contributed by atoms with Gasteiger partial charge in [0.15, 0.2) is 0 Å². The molecule has 0 aliphatic carbocycles. The summed E-state index contributed by atoms with van der Waals surface area (Å²) in [6, 6.07) is 10.3. The molecule has 0 saturated carbocycles. The minimum absolute atomic E-state index is 0.843. The van der Waals surface area contributed by atoms with Crippen molar-refractivity contribution in [2.45, 2.75) is 6.92 Å². The molecule has 2 rings (SSSR count). The Kier molecular flexibility index (Phi) is 1.78. The van der Waals surface area contributed by atoms with Crippen LogP contribution < -0.4 is 0 Å². The first kappa shape index (κ1) is 7.29. The van der Waals surface area contributed by atoms with Gasteiger partial charge in [-0.2, -0.15) is 0 Å². The summed E-state index contributed by atoms with van der Waals surface area (Å²) < 4.78 is 0. The molecule has 1 aromatic carbocycles. The normalized spacial score (nSPS) is 15.8. The number of allylic oxidation sites excluding steroid dienone is 1. The van der Waals surface area contributed by atoms with Crippen LogP contribution in [0.15, 0.2) is 47.0 Å². The zero-order valence-corrected chi connectivity index (χ0v) is 7.12. The molecule has 0 aromatic heterocycles. The second kappa shape index (κ2) is 2.94. The van der Waals surface area contributed by atoms with Crippen LogP contribution >= 0.6 is 0 Å². The van der Waals surface area contributed by atoms with Gasteiger partial charge in [0, 0.05) is 0 Å². The van der Waals surface area contributed by atoms with Crippen LogP contribution in [-0.2, 0) is 0 Å². The lowest BCUT2D eigenvalue weighted by molar-refractivity contribution is 1.28. The van der Waals surface area contributed by atoms with Crippen LogP contribution in [0.1, 0.15) is 12.5 Å². The number of hydrogen-bond donors (Lipinski definition) is 0. The fraction of sp³-hybridized carbons (Fsp3) is 0.182. The van der Waals surface area contributed by atoms with Gasteiger partial charge in [-0.3, -0.25) is 4.99 Å². The highest BCUT2D eigenvalue weighted by Gasteiger charge is 2.08. The van der Waals surface area contributed by atoms with Crippen molar-refractivity contribution in [1.82, 2.24) is 0 Å². The van der Waals surface area contributed by atoms with Crippen molar-refractivity contribution in [2.75, 3.05) is 6.54 Å². The predicted molar refractivity (Wildman–Crippen MR) is 51.6 cm³/mol. The summed E-state index contributed by atoms with van der Waals surface area (Å²) >= 11 is 0. The minimum Gasteiger partial charge on any atom is -0.280 e. The van der Waals surface area contributed by atoms with E-state index in [4.69, 9.17) is 0 Å². The summed E-state index contributed by atoms with van der Waals surface area (Å²) in [4.78, 5) is 4.41. The summed E-state index contributed by atoms with van der Waals surface area (Å²) in [6.07, 6.45) is 2.16. The Bertz CT molecular complexity index is 333. The maximum absolute atomic E-state index is 4.41. The average Bonchev–Trinajstić information content (AvgIpc) is 2.53. The Balaban J connectivity index is 2.39. The van der Waals surface area contributed by atoms with Crippen molar-refractivity contribution in [3.05, 3.63) is 47.5 Å². The van der Waals surface area contributed by atoms with E-state index in [1.165, 1.54) is 11.1 Å². The third-order valence-electron chi connectivity index (χ3n) is 2.07. The van der Waals surface area contributed by atoms with Crippen molar-refractivity contribution in [1.29, 1.82) is 0 Å². The smallest absolute Gasteiger partial charge is 0.0677 e. The quantitative estimate of drug-likeness (QED) is 0.593. The van der Waals surface area contributed by atoms with E-state index in [1.807, 2.05) is 18.2 Å². The first-order valence-electron chi connectivity index (χ1n) is 4.15. The van der Waals surface area contributed by atoms with Crippen LogP contribution in [0, 0.1) is 0 Å². The Labute approximate surface area is 72.5 Å². The third-order valence-corrected chi connectivity index (χ3v) is 2.07. The molecular weight excluding hydrogens is 146 g/mol. The number of aliphatic imine (C=N–C) groups is 1. The highest BCUT2D eigenvalue weighted by Crippen LogP contribution is 2.13. The van der Waals surface area contributed by atoms with E-state index in [0.29, 0.717) is 0 Å². The number of nitrogens with zero attached hydrogens (tertiary/aromatic N) is 1. The Morgan fingerprint density at radius 2 is 1.92 bits per heavy atom. The van der Waals surface area contributed by atoms with E-state index in [1.54, 1.807) is 0 Å². The molecule has 1 nitrogen and oxygen atoms in total. The van der Waals surface area contributed by atoms with Gasteiger partial charge in [-0.15, -0.1) is 0 Å². The second-order valence-corrected chi connectivity index (χ2v) is 2.94. The van der Waals surface area contributed by atoms with Crippen molar-refractivity contribution in [2.24, 2.45) is 4.99 Å². The molecule has 0 fully saturated rings. The summed E-state index contributed by atoms with van der Waals surface area (Å²) in [5.41, 5.74) is 3.67. The fourth-order valence-corrected chi connectivity index (χ4v) is 1.41. The molecule has 0 N–H and O–H groups in total. The van der Waals surface area contributed by atoms with Crippen LogP contribution in [0.4, 0.5) is 0 Å². The van der Waals surface area contributed by atoms with E-state index in [0.717, 1.165) is 12.3 Å². The van der Waals surface area contributed by atoms with Gasteiger partial charge in [-0.25, -0.2) is 0 Å². The molecule has 0 amide bonds. The van der Waals surface area contributed by atoms with E-state index in [9.17, 15) is 0 Å². The molecule has 1 aliphatic heterocycles. The van der Waals surface area contributed by atoms with Crippen molar-refractivity contribution in [3.8, 4) is 0 Å². The monoisotopic (exact) mass is 157 g/mol. The Hall–Kier alpha value is -1.37. The highest BCUT2D eigenvalue weighted by atomic mass is 14.8. The third kappa shape index (κ3) is 1.18. The topological polar surface area (TPSA) is 12.4 Å². The molecule has 12 heavy (non-hydrogen) atoms. The zero-order chi connectivity index (χ0) is 8.39. The van der Waals surface area contributed by atoms with Gasteiger partial charge in [-0.1, -0.05) is 36.4 Å². The molecule has 1 aliphatic rings. The molecule has 0 radical (unpaired) electrons. The van der Waals surface area contributed by atoms with Crippen molar-refractivity contribution < 1.29 is 0 Å². The number of hydrogen-bond acceptors (Lipinski definition) is 1. The molecule has 0 spiro atoms. The highest BCUT2D eigenvalue weighted by molar-refractivity contribution is 6.13. The summed E-state index contributed by atoms with van der Waals surface area (Å²) in [6.45, 7) is 2.95. The first-order chi connectivity index (χ1) is 5.88. The molecule has 1 aromatic rings.